The smallest absolute Gasteiger partial charge is 0.271 e. The highest BCUT2D eigenvalue weighted by Crippen LogP contribution is 2.32. The summed E-state index contributed by atoms with van der Waals surface area (Å²) >= 11 is 3.15. The van der Waals surface area contributed by atoms with Crippen LogP contribution in [-0.2, 0) is 6.54 Å². The van der Waals surface area contributed by atoms with Crippen LogP contribution >= 0.6 is 15.9 Å². The van der Waals surface area contributed by atoms with E-state index in [0.29, 0.717) is 5.95 Å². The Balaban J connectivity index is 1.96. The first-order valence-electron chi connectivity index (χ1n) is 9.17. The highest BCUT2D eigenvalue weighted by molar-refractivity contribution is 9.10. The number of unbranched alkanes of at least 4 members (excludes halogenated alkanes) is 3. The molecule has 7 nitrogen and oxygen atoms in total. The molecule has 1 heterocycles. The molecule has 0 spiro atoms. The maximum Gasteiger partial charge on any atom is 0.271 e. The average Bonchev–Trinajstić information content (AvgIpc) is 3.03. The number of rotatable bonds is 8. The van der Waals surface area contributed by atoms with Gasteiger partial charge in [0.15, 0.2) is 0 Å². The van der Waals surface area contributed by atoms with Gasteiger partial charge in [0.2, 0.25) is 5.95 Å². The van der Waals surface area contributed by atoms with E-state index in [9.17, 15) is 15.2 Å². The van der Waals surface area contributed by atoms with Gasteiger partial charge in [-0.2, -0.15) is 0 Å². The third-order valence-corrected chi connectivity index (χ3v) is 5.08. The van der Waals surface area contributed by atoms with Crippen molar-refractivity contribution < 1.29 is 10.0 Å². The number of benzene rings is 2. The lowest BCUT2D eigenvalue weighted by Gasteiger charge is -2.06. The van der Waals surface area contributed by atoms with E-state index in [1.165, 1.54) is 24.8 Å². The predicted octanol–water partition coefficient (Wildman–Crippen LogP) is 5.74. The molecule has 1 aromatic heterocycles. The number of non-ortho nitro benzene ring substituents is 1. The van der Waals surface area contributed by atoms with Crippen molar-refractivity contribution in [2.24, 2.45) is 4.99 Å². The molecule has 0 aliphatic rings. The summed E-state index contributed by atoms with van der Waals surface area (Å²) in [7, 11) is 0. The Labute approximate surface area is 171 Å². The van der Waals surface area contributed by atoms with Crippen LogP contribution in [0, 0.1) is 10.1 Å². The van der Waals surface area contributed by atoms with Gasteiger partial charge in [-0.25, -0.2) is 9.98 Å². The standard InChI is InChI=1S/C20H21BrN4O3/c1-2-3-4-7-10-24-18-9-6-5-8-17(18)23-20(24)22-13-14-11-15(25(27)28)12-16(21)19(14)26/h5-6,8-9,11-13,26H,2-4,7,10H2,1H3/b22-13+. The highest BCUT2D eigenvalue weighted by Gasteiger charge is 2.14. The van der Waals surface area contributed by atoms with E-state index in [1.54, 1.807) is 0 Å². The summed E-state index contributed by atoms with van der Waals surface area (Å²) in [5.41, 5.74) is 1.97. The number of aliphatic imine (C=N–C) groups is 1. The van der Waals surface area contributed by atoms with E-state index >= 15 is 0 Å². The Morgan fingerprint density at radius 3 is 2.82 bits per heavy atom. The van der Waals surface area contributed by atoms with E-state index in [2.05, 4.69) is 32.8 Å². The first kappa shape index (κ1) is 20.0. The van der Waals surface area contributed by atoms with Crippen LogP contribution in [0.1, 0.15) is 38.2 Å². The van der Waals surface area contributed by atoms with Crippen LogP contribution in [0.15, 0.2) is 45.9 Å². The normalized spacial score (nSPS) is 11.5. The van der Waals surface area contributed by atoms with Crippen LogP contribution in [0.4, 0.5) is 11.6 Å². The van der Waals surface area contributed by atoms with Crippen molar-refractivity contribution in [1.29, 1.82) is 0 Å². The summed E-state index contributed by atoms with van der Waals surface area (Å²) in [6.07, 6.45) is 5.91. The topological polar surface area (TPSA) is 93.5 Å². The number of nitro groups is 1. The van der Waals surface area contributed by atoms with Crippen molar-refractivity contribution in [2.45, 2.75) is 39.2 Å². The quantitative estimate of drug-likeness (QED) is 0.207. The third-order valence-electron chi connectivity index (χ3n) is 4.48. The minimum Gasteiger partial charge on any atom is -0.506 e. The summed E-state index contributed by atoms with van der Waals surface area (Å²) in [5, 5.41) is 21.3. The Morgan fingerprint density at radius 2 is 2.07 bits per heavy atom. The second kappa shape index (κ2) is 8.97. The number of imidazole rings is 1. The van der Waals surface area contributed by atoms with Gasteiger partial charge >= 0.3 is 0 Å². The molecule has 3 aromatic rings. The van der Waals surface area contributed by atoms with Crippen LogP contribution in [-0.4, -0.2) is 25.8 Å². The molecule has 0 fully saturated rings. The number of para-hydroxylation sites is 2. The van der Waals surface area contributed by atoms with Crippen LogP contribution < -0.4 is 0 Å². The fraction of sp³-hybridized carbons (Fsp3) is 0.300. The Bertz CT molecular complexity index is 1030. The number of aromatic nitrogens is 2. The van der Waals surface area contributed by atoms with Crippen molar-refractivity contribution in [3.8, 4) is 5.75 Å². The minimum atomic E-state index is -0.509. The van der Waals surface area contributed by atoms with Crippen LogP contribution in [0.25, 0.3) is 11.0 Å². The molecule has 0 atom stereocenters. The fourth-order valence-electron chi connectivity index (χ4n) is 3.02. The molecule has 3 rings (SSSR count). The number of nitrogens with zero attached hydrogens (tertiary/aromatic N) is 4. The number of hydrogen-bond donors (Lipinski definition) is 1. The van der Waals surface area contributed by atoms with Crippen molar-refractivity contribution in [2.75, 3.05) is 0 Å². The van der Waals surface area contributed by atoms with Crippen molar-refractivity contribution in [1.82, 2.24) is 9.55 Å². The molecule has 28 heavy (non-hydrogen) atoms. The molecule has 2 aromatic carbocycles. The molecule has 1 N–H and O–H groups in total. The third kappa shape index (κ3) is 4.39. The molecular weight excluding hydrogens is 424 g/mol. The number of fused-ring (bicyclic) bond motifs is 1. The molecule has 146 valence electrons. The van der Waals surface area contributed by atoms with Crippen molar-refractivity contribution >= 4 is 44.8 Å². The lowest BCUT2D eigenvalue weighted by Crippen LogP contribution is -1.98. The average molecular weight is 445 g/mol. The molecule has 0 saturated carbocycles. The minimum absolute atomic E-state index is 0.0973. The van der Waals surface area contributed by atoms with Gasteiger partial charge in [-0.1, -0.05) is 38.3 Å². The van der Waals surface area contributed by atoms with Crippen LogP contribution in [0.2, 0.25) is 0 Å². The van der Waals surface area contributed by atoms with Gasteiger partial charge in [0.1, 0.15) is 5.75 Å². The van der Waals surface area contributed by atoms with Crippen molar-refractivity contribution in [3.63, 3.8) is 0 Å². The largest absolute Gasteiger partial charge is 0.506 e. The molecule has 8 heteroatoms. The van der Waals surface area contributed by atoms with Crippen LogP contribution in [0.5, 0.6) is 5.75 Å². The predicted molar refractivity (Wildman–Crippen MR) is 114 cm³/mol. The number of phenols is 1. The zero-order valence-corrected chi connectivity index (χ0v) is 17.1. The number of hydrogen-bond acceptors (Lipinski definition) is 5. The number of aromatic hydroxyl groups is 1. The monoisotopic (exact) mass is 444 g/mol. The van der Waals surface area contributed by atoms with Crippen molar-refractivity contribution in [3.05, 3.63) is 56.5 Å². The second-order valence-electron chi connectivity index (χ2n) is 6.49. The number of nitro benzene ring substituents is 1. The van der Waals surface area contributed by atoms with E-state index in [0.717, 1.165) is 36.8 Å². The molecule has 0 unspecified atom stereocenters. The number of aryl methyl sites for hydroxylation is 1. The molecule has 0 aliphatic heterocycles. The van der Waals surface area contributed by atoms with Crippen LogP contribution in [0.3, 0.4) is 0 Å². The van der Waals surface area contributed by atoms with E-state index < -0.39 is 4.92 Å². The van der Waals surface area contributed by atoms with Gasteiger partial charge in [-0.15, -0.1) is 0 Å². The Hall–Kier alpha value is -2.74. The maximum absolute atomic E-state index is 11.1. The summed E-state index contributed by atoms with van der Waals surface area (Å²) in [4.78, 5) is 19.6. The summed E-state index contributed by atoms with van der Waals surface area (Å²) in [5.74, 6) is 0.416. The summed E-state index contributed by atoms with van der Waals surface area (Å²) in [6.45, 7) is 2.96. The van der Waals surface area contributed by atoms with Gasteiger partial charge in [0, 0.05) is 30.5 Å². The summed E-state index contributed by atoms with van der Waals surface area (Å²) < 4.78 is 2.29. The first-order valence-corrected chi connectivity index (χ1v) is 9.96. The SMILES string of the molecule is CCCCCCn1c(/N=C/c2cc([N+](=O)[O-])cc(Br)c2O)nc2ccccc21. The highest BCUT2D eigenvalue weighted by atomic mass is 79.9. The number of halogens is 1. The Morgan fingerprint density at radius 1 is 1.29 bits per heavy atom. The summed E-state index contributed by atoms with van der Waals surface area (Å²) in [6, 6.07) is 10.4. The van der Waals surface area contributed by atoms with Gasteiger partial charge in [-0.05, 0) is 34.5 Å². The molecule has 0 bridgehead atoms. The van der Waals surface area contributed by atoms with E-state index in [4.69, 9.17) is 0 Å². The molecule has 0 radical (unpaired) electrons. The van der Waals surface area contributed by atoms with Gasteiger partial charge < -0.3 is 9.67 Å². The van der Waals surface area contributed by atoms with E-state index in [1.807, 2.05) is 28.8 Å². The molecule has 0 saturated heterocycles. The molecular formula is C20H21BrN4O3. The maximum atomic E-state index is 11.1. The molecule has 0 amide bonds. The van der Waals surface area contributed by atoms with Gasteiger partial charge in [0.25, 0.3) is 5.69 Å². The first-order chi connectivity index (χ1) is 13.5. The zero-order chi connectivity index (χ0) is 20.1. The van der Waals surface area contributed by atoms with Gasteiger partial charge in [-0.3, -0.25) is 10.1 Å². The Kier molecular flexibility index (Phi) is 6.41. The lowest BCUT2D eigenvalue weighted by molar-refractivity contribution is -0.385. The molecule has 0 aliphatic carbocycles. The lowest BCUT2D eigenvalue weighted by atomic mass is 10.2. The zero-order valence-electron chi connectivity index (χ0n) is 15.5. The second-order valence-corrected chi connectivity index (χ2v) is 7.35. The van der Waals surface area contributed by atoms with E-state index in [-0.39, 0.29) is 21.5 Å². The fourth-order valence-corrected chi connectivity index (χ4v) is 3.48. The van der Waals surface area contributed by atoms with Gasteiger partial charge in [0.05, 0.1) is 20.4 Å². The number of phenolic OH excluding ortho intramolecular Hbond substituents is 1.